The number of hydrogen-bond donors (Lipinski definition) is 1. The molecule has 2 rings (SSSR count). The number of carbonyl (C=O) groups is 1. The third kappa shape index (κ3) is 2.85. The van der Waals surface area contributed by atoms with Crippen LogP contribution in [0.1, 0.15) is 26.7 Å². The zero-order valence-electron chi connectivity index (χ0n) is 12.4. The van der Waals surface area contributed by atoms with Crippen LogP contribution in [0.25, 0.3) is 0 Å². The van der Waals surface area contributed by atoms with Crippen LogP contribution in [0.3, 0.4) is 0 Å². The van der Waals surface area contributed by atoms with E-state index in [9.17, 15) is 9.18 Å². The number of carbonyl (C=O) groups excluding carboxylic acids is 1. The molecule has 110 valence electrons. The van der Waals surface area contributed by atoms with Crippen molar-refractivity contribution in [2.75, 3.05) is 25.0 Å². The molecular formula is C16H23FN2O. The van der Waals surface area contributed by atoms with Crippen molar-refractivity contribution in [1.82, 2.24) is 5.32 Å². The Morgan fingerprint density at radius 3 is 2.70 bits per heavy atom. The van der Waals surface area contributed by atoms with Crippen LogP contribution in [0.4, 0.5) is 10.1 Å². The minimum absolute atomic E-state index is 0.0312. The first-order chi connectivity index (χ1) is 9.44. The molecule has 0 saturated carbocycles. The predicted molar refractivity (Wildman–Crippen MR) is 79.2 cm³/mol. The molecule has 1 fully saturated rings. The number of nitrogens with one attached hydrogen (secondary N) is 1. The number of halogens is 1. The van der Waals surface area contributed by atoms with Gasteiger partial charge < -0.3 is 10.2 Å². The fourth-order valence-corrected chi connectivity index (χ4v) is 2.91. The highest BCUT2D eigenvalue weighted by Gasteiger charge is 2.39. The van der Waals surface area contributed by atoms with E-state index in [-0.39, 0.29) is 17.6 Å². The highest BCUT2D eigenvalue weighted by Crippen LogP contribution is 2.35. The van der Waals surface area contributed by atoms with Gasteiger partial charge in [-0.05, 0) is 44.0 Å². The van der Waals surface area contributed by atoms with Crippen LogP contribution in [0.15, 0.2) is 24.3 Å². The van der Waals surface area contributed by atoms with Gasteiger partial charge >= 0.3 is 0 Å². The molecule has 1 atom stereocenters. The molecule has 0 aromatic heterocycles. The maximum Gasteiger partial charge on any atom is 0.232 e. The summed E-state index contributed by atoms with van der Waals surface area (Å²) in [7, 11) is 1.65. The van der Waals surface area contributed by atoms with Crippen molar-refractivity contribution in [3.63, 3.8) is 0 Å². The molecule has 0 aliphatic carbocycles. The molecule has 3 nitrogen and oxygen atoms in total. The van der Waals surface area contributed by atoms with Crippen LogP contribution in [-0.2, 0) is 4.79 Å². The van der Waals surface area contributed by atoms with E-state index in [1.165, 1.54) is 11.0 Å². The lowest BCUT2D eigenvalue weighted by Gasteiger charge is -2.38. The molecule has 0 radical (unpaired) electrons. The van der Waals surface area contributed by atoms with Gasteiger partial charge in [-0.1, -0.05) is 26.0 Å². The lowest BCUT2D eigenvalue weighted by molar-refractivity contribution is -0.129. The van der Waals surface area contributed by atoms with E-state index < -0.39 is 5.41 Å². The number of nitrogens with zero attached hydrogens (tertiary/aromatic N) is 1. The van der Waals surface area contributed by atoms with Gasteiger partial charge in [-0.15, -0.1) is 0 Å². The lowest BCUT2D eigenvalue weighted by atomic mass is 9.74. The summed E-state index contributed by atoms with van der Waals surface area (Å²) in [6, 6.07) is 6.40. The smallest absolute Gasteiger partial charge is 0.232 e. The maximum absolute atomic E-state index is 13.8. The lowest BCUT2D eigenvalue weighted by Crippen LogP contribution is -2.48. The number of hydrogen-bond acceptors (Lipinski definition) is 2. The predicted octanol–water partition coefficient (Wildman–Crippen LogP) is 2.81. The third-order valence-electron chi connectivity index (χ3n) is 4.39. The van der Waals surface area contributed by atoms with E-state index in [4.69, 9.17) is 0 Å². The normalized spacial score (nSPS) is 19.7. The summed E-state index contributed by atoms with van der Waals surface area (Å²) in [5.74, 6) is -0.102. The van der Waals surface area contributed by atoms with Crippen molar-refractivity contribution in [2.45, 2.75) is 26.7 Å². The van der Waals surface area contributed by atoms with Crippen LogP contribution >= 0.6 is 0 Å². The molecule has 0 bridgehead atoms. The largest absolute Gasteiger partial charge is 0.316 e. The number of para-hydroxylation sites is 1. The van der Waals surface area contributed by atoms with Gasteiger partial charge in [0.05, 0.1) is 5.69 Å². The van der Waals surface area contributed by atoms with Crippen molar-refractivity contribution in [1.29, 1.82) is 0 Å². The molecule has 1 unspecified atom stereocenters. The molecule has 1 heterocycles. The Labute approximate surface area is 120 Å². The molecule has 20 heavy (non-hydrogen) atoms. The average Bonchev–Trinajstić information content (AvgIpc) is 2.47. The SMILES string of the molecule is CN(C(=O)C(C)(C)C1CCCNC1)c1ccccc1F. The van der Waals surface area contributed by atoms with E-state index >= 15 is 0 Å². The van der Waals surface area contributed by atoms with E-state index in [0.717, 1.165) is 25.9 Å². The van der Waals surface area contributed by atoms with E-state index in [0.29, 0.717) is 5.69 Å². The Kier molecular flexibility index (Phi) is 4.43. The Hall–Kier alpha value is -1.42. The second-order valence-corrected chi connectivity index (χ2v) is 6.08. The van der Waals surface area contributed by atoms with Gasteiger partial charge in [0.1, 0.15) is 5.82 Å². The molecule has 0 spiro atoms. The fraction of sp³-hybridized carbons (Fsp3) is 0.562. The molecule has 1 amide bonds. The van der Waals surface area contributed by atoms with Crippen LogP contribution in [0.5, 0.6) is 0 Å². The summed E-state index contributed by atoms with van der Waals surface area (Å²) < 4.78 is 13.8. The molecule has 1 saturated heterocycles. The van der Waals surface area contributed by atoms with Crippen LogP contribution in [-0.4, -0.2) is 26.0 Å². The third-order valence-corrected chi connectivity index (χ3v) is 4.39. The van der Waals surface area contributed by atoms with E-state index in [1.54, 1.807) is 25.2 Å². The summed E-state index contributed by atoms with van der Waals surface area (Å²) in [6.07, 6.45) is 2.13. The van der Waals surface area contributed by atoms with Gasteiger partial charge in [0.2, 0.25) is 5.91 Å². The number of benzene rings is 1. The minimum Gasteiger partial charge on any atom is -0.316 e. The van der Waals surface area contributed by atoms with Gasteiger partial charge in [0.25, 0.3) is 0 Å². The van der Waals surface area contributed by atoms with Crippen LogP contribution < -0.4 is 10.2 Å². The second-order valence-electron chi connectivity index (χ2n) is 6.08. The minimum atomic E-state index is -0.496. The van der Waals surface area contributed by atoms with Gasteiger partial charge in [0, 0.05) is 12.5 Å². The molecule has 1 aliphatic rings. The summed E-state index contributed by atoms with van der Waals surface area (Å²) in [5.41, 5.74) is -0.154. The highest BCUT2D eigenvalue weighted by atomic mass is 19.1. The first kappa shape index (κ1) is 15.0. The Morgan fingerprint density at radius 1 is 1.40 bits per heavy atom. The monoisotopic (exact) mass is 278 g/mol. The zero-order chi connectivity index (χ0) is 14.8. The van der Waals surface area contributed by atoms with Gasteiger partial charge in [-0.2, -0.15) is 0 Å². The highest BCUT2D eigenvalue weighted by molar-refractivity contribution is 5.97. The molecule has 4 heteroatoms. The maximum atomic E-state index is 13.8. The molecule has 1 aliphatic heterocycles. The van der Waals surface area contributed by atoms with Crippen molar-refractivity contribution in [2.24, 2.45) is 11.3 Å². The Balaban J connectivity index is 2.19. The molecule has 1 aromatic carbocycles. The number of rotatable bonds is 3. The van der Waals surface area contributed by atoms with Crippen molar-refractivity contribution in [3.8, 4) is 0 Å². The van der Waals surface area contributed by atoms with Crippen molar-refractivity contribution < 1.29 is 9.18 Å². The number of anilines is 1. The summed E-state index contributed by atoms with van der Waals surface area (Å²) in [4.78, 5) is 14.2. The molecule has 1 aromatic rings. The molecular weight excluding hydrogens is 255 g/mol. The summed E-state index contributed by atoms with van der Waals surface area (Å²) >= 11 is 0. The van der Waals surface area contributed by atoms with E-state index in [1.807, 2.05) is 13.8 Å². The Morgan fingerprint density at radius 2 is 2.10 bits per heavy atom. The molecule has 1 N–H and O–H groups in total. The zero-order valence-corrected chi connectivity index (χ0v) is 12.4. The summed E-state index contributed by atoms with van der Waals surface area (Å²) in [5, 5.41) is 3.34. The summed E-state index contributed by atoms with van der Waals surface area (Å²) in [6.45, 7) is 5.79. The first-order valence-electron chi connectivity index (χ1n) is 7.18. The van der Waals surface area contributed by atoms with Crippen LogP contribution in [0.2, 0.25) is 0 Å². The van der Waals surface area contributed by atoms with Crippen molar-refractivity contribution in [3.05, 3.63) is 30.1 Å². The first-order valence-corrected chi connectivity index (χ1v) is 7.18. The van der Waals surface area contributed by atoms with Gasteiger partial charge in [0.15, 0.2) is 0 Å². The number of amides is 1. The quantitative estimate of drug-likeness (QED) is 0.922. The van der Waals surface area contributed by atoms with Crippen LogP contribution in [0, 0.1) is 17.2 Å². The van der Waals surface area contributed by atoms with Gasteiger partial charge in [-0.25, -0.2) is 4.39 Å². The average molecular weight is 278 g/mol. The van der Waals surface area contributed by atoms with E-state index in [2.05, 4.69) is 5.32 Å². The fourth-order valence-electron chi connectivity index (χ4n) is 2.91. The van der Waals surface area contributed by atoms with Gasteiger partial charge in [-0.3, -0.25) is 4.79 Å². The van der Waals surface area contributed by atoms with Crippen molar-refractivity contribution >= 4 is 11.6 Å². The number of piperidine rings is 1. The topological polar surface area (TPSA) is 32.3 Å². The Bertz CT molecular complexity index is 481. The second kappa shape index (κ2) is 5.92. The standard InChI is InChI=1S/C16H23FN2O/c1-16(2,12-7-6-10-18-11-12)15(20)19(3)14-9-5-4-8-13(14)17/h4-5,8-9,12,18H,6-7,10-11H2,1-3H3.